The number of nitrogens with one attached hydrogen (secondary N) is 2. The van der Waals surface area contributed by atoms with Crippen LogP contribution in [0.25, 0.3) is 11.3 Å². The van der Waals surface area contributed by atoms with Gasteiger partial charge in [-0.25, -0.2) is 0 Å². The van der Waals surface area contributed by atoms with Crippen LogP contribution in [0.1, 0.15) is 5.56 Å². The Kier molecular flexibility index (Phi) is 1.81. The summed E-state index contributed by atoms with van der Waals surface area (Å²) >= 11 is 0. The van der Waals surface area contributed by atoms with Crippen LogP contribution in [-0.4, -0.2) is 5.10 Å². The minimum atomic E-state index is 0.680. The van der Waals surface area contributed by atoms with Crippen LogP contribution >= 0.6 is 0 Å². The Balaban J connectivity index is 2.40. The molecule has 0 atom stereocenters. The van der Waals surface area contributed by atoms with Crippen molar-refractivity contribution in [3.63, 3.8) is 0 Å². The fourth-order valence-corrected chi connectivity index (χ4v) is 1.18. The molecule has 0 aliphatic carbocycles. The lowest BCUT2D eigenvalue weighted by Gasteiger charge is -1.93. The van der Waals surface area contributed by atoms with Crippen LogP contribution in [0, 0.1) is 11.3 Å². The fraction of sp³-hybridized carbons (Fsp3) is 0. The Morgan fingerprint density at radius 1 is 1.15 bits per heavy atom. The summed E-state index contributed by atoms with van der Waals surface area (Å²) in [5.74, 6) is 0. The van der Waals surface area contributed by atoms with E-state index in [1.807, 2.05) is 24.4 Å². The molecule has 1 heterocycles. The number of benzene rings is 1. The van der Waals surface area contributed by atoms with Crippen molar-refractivity contribution in [1.82, 2.24) is 5.10 Å². The van der Waals surface area contributed by atoms with Crippen molar-refractivity contribution in [3.05, 3.63) is 42.1 Å². The van der Waals surface area contributed by atoms with E-state index in [4.69, 9.17) is 5.26 Å². The van der Waals surface area contributed by atoms with Crippen LogP contribution < -0.4 is 5.10 Å². The van der Waals surface area contributed by atoms with Crippen molar-refractivity contribution in [3.8, 4) is 17.3 Å². The first kappa shape index (κ1) is 7.56. The molecule has 1 aromatic carbocycles. The number of nitriles is 1. The number of rotatable bonds is 1. The van der Waals surface area contributed by atoms with Gasteiger partial charge in [-0.2, -0.15) is 10.4 Å². The molecule has 13 heavy (non-hydrogen) atoms. The topological polar surface area (TPSA) is 53.7 Å². The number of H-pyrrole nitrogens is 2. The molecule has 0 saturated carbocycles. The maximum absolute atomic E-state index is 8.60. The van der Waals surface area contributed by atoms with Crippen LogP contribution in [0.15, 0.2) is 36.5 Å². The molecule has 3 nitrogen and oxygen atoms in total. The molecule has 2 N–H and O–H groups in total. The Bertz CT molecular complexity index is 420. The van der Waals surface area contributed by atoms with E-state index < -0.39 is 0 Å². The molecule has 0 spiro atoms. The lowest BCUT2D eigenvalue weighted by atomic mass is 10.1. The second kappa shape index (κ2) is 3.11. The number of nitrogens with zero attached hydrogens (tertiary/aromatic N) is 1. The van der Waals surface area contributed by atoms with E-state index in [1.165, 1.54) is 0 Å². The van der Waals surface area contributed by atoms with Crippen LogP contribution in [0.4, 0.5) is 0 Å². The van der Waals surface area contributed by atoms with Crippen LogP contribution in [0.2, 0.25) is 0 Å². The lowest BCUT2D eigenvalue weighted by molar-refractivity contribution is -0.448. The number of hydrogen-bond acceptors (Lipinski definition) is 1. The molecule has 0 aliphatic rings. The molecular weight excluding hydrogens is 162 g/mol. The SMILES string of the molecule is N#Cc1ccc(-c2cc[nH+][nH]2)cc1. The van der Waals surface area contributed by atoms with Crippen molar-refractivity contribution in [2.24, 2.45) is 0 Å². The van der Waals surface area contributed by atoms with Gasteiger partial charge in [-0.05, 0) is 12.1 Å². The molecule has 0 radical (unpaired) electrons. The molecule has 2 aromatic rings. The molecule has 2 rings (SSSR count). The Labute approximate surface area is 75.6 Å². The molecule has 0 saturated heterocycles. The Hall–Kier alpha value is -2.08. The van der Waals surface area contributed by atoms with Crippen LogP contribution in [0.3, 0.4) is 0 Å². The van der Waals surface area contributed by atoms with Gasteiger partial charge in [-0.15, -0.1) is 5.10 Å². The van der Waals surface area contributed by atoms with Gasteiger partial charge in [0.25, 0.3) is 0 Å². The standard InChI is InChI=1S/C10H7N3/c11-7-8-1-3-9(4-2-8)10-5-6-12-13-10/h1-6H,(H,12,13)/p+1. The van der Waals surface area contributed by atoms with Crippen molar-refractivity contribution >= 4 is 0 Å². The summed E-state index contributed by atoms with van der Waals surface area (Å²) in [7, 11) is 0. The minimum absolute atomic E-state index is 0.680. The molecule has 3 heteroatoms. The monoisotopic (exact) mass is 170 g/mol. The van der Waals surface area contributed by atoms with E-state index in [1.54, 1.807) is 12.1 Å². The van der Waals surface area contributed by atoms with Gasteiger partial charge in [-0.1, -0.05) is 12.1 Å². The first-order valence-electron chi connectivity index (χ1n) is 3.96. The summed E-state index contributed by atoms with van der Waals surface area (Å²) in [4.78, 5) is 0. The van der Waals surface area contributed by atoms with Gasteiger partial charge >= 0.3 is 0 Å². The van der Waals surface area contributed by atoms with Gasteiger partial charge in [0, 0.05) is 11.6 Å². The van der Waals surface area contributed by atoms with Gasteiger partial charge in [0.05, 0.1) is 11.6 Å². The van der Waals surface area contributed by atoms with Crippen molar-refractivity contribution < 1.29 is 5.10 Å². The van der Waals surface area contributed by atoms with Crippen LogP contribution in [0.5, 0.6) is 0 Å². The Morgan fingerprint density at radius 2 is 1.92 bits per heavy atom. The van der Waals surface area contributed by atoms with Gasteiger partial charge in [0.1, 0.15) is 5.69 Å². The highest BCUT2D eigenvalue weighted by Gasteiger charge is 2.00. The number of aromatic amines is 2. The predicted octanol–water partition coefficient (Wildman–Crippen LogP) is 1.37. The second-order valence-corrected chi connectivity index (χ2v) is 2.71. The zero-order chi connectivity index (χ0) is 9.10. The third kappa shape index (κ3) is 1.42. The summed E-state index contributed by atoms with van der Waals surface area (Å²) in [6, 6.07) is 11.5. The van der Waals surface area contributed by atoms with Crippen molar-refractivity contribution in [1.29, 1.82) is 5.26 Å². The molecule has 0 bridgehead atoms. The quantitative estimate of drug-likeness (QED) is 0.690. The van der Waals surface area contributed by atoms with E-state index >= 15 is 0 Å². The number of hydrogen-bond donors (Lipinski definition) is 1. The highest BCUT2D eigenvalue weighted by molar-refractivity contribution is 5.58. The minimum Gasteiger partial charge on any atom is -0.192 e. The second-order valence-electron chi connectivity index (χ2n) is 2.71. The third-order valence-electron chi connectivity index (χ3n) is 1.87. The fourth-order valence-electron chi connectivity index (χ4n) is 1.18. The Morgan fingerprint density at radius 3 is 2.46 bits per heavy atom. The first-order chi connectivity index (χ1) is 6.40. The van der Waals surface area contributed by atoms with Crippen LogP contribution in [-0.2, 0) is 0 Å². The summed E-state index contributed by atoms with van der Waals surface area (Å²) < 4.78 is 0. The van der Waals surface area contributed by atoms with E-state index in [9.17, 15) is 0 Å². The molecule has 1 aromatic heterocycles. The molecule has 0 unspecified atom stereocenters. The normalized spacial score (nSPS) is 9.46. The highest BCUT2D eigenvalue weighted by Crippen LogP contribution is 2.15. The smallest absolute Gasteiger partial charge is 0.192 e. The summed E-state index contributed by atoms with van der Waals surface area (Å²) in [6.45, 7) is 0. The third-order valence-corrected chi connectivity index (χ3v) is 1.87. The zero-order valence-electron chi connectivity index (χ0n) is 6.91. The van der Waals surface area contributed by atoms with E-state index in [-0.39, 0.29) is 0 Å². The molecule has 62 valence electrons. The average Bonchev–Trinajstić information content (AvgIpc) is 2.71. The van der Waals surface area contributed by atoms with Gasteiger partial charge in [0.2, 0.25) is 0 Å². The van der Waals surface area contributed by atoms with Crippen molar-refractivity contribution in [2.45, 2.75) is 0 Å². The number of aromatic nitrogens is 2. The van der Waals surface area contributed by atoms with E-state index in [0.717, 1.165) is 11.3 Å². The maximum Gasteiger partial charge on any atom is 0.193 e. The first-order valence-corrected chi connectivity index (χ1v) is 3.96. The van der Waals surface area contributed by atoms with Crippen molar-refractivity contribution in [2.75, 3.05) is 0 Å². The van der Waals surface area contributed by atoms with E-state index in [2.05, 4.69) is 16.3 Å². The lowest BCUT2D eigenvalue weighted by Crippen LogP contribution is -1.98. The van der Waals surface area contributed by atoms with Gasteiger partial charge < -0.3 is 0 Å². The summed E-state index contributed by atoms with van der Waals surface area (Å²) in [5.41, 5.74) is 2.77. The molecule has 0 amide bonds. The largest absolute Gasteiger partial charge is 0.193 e. The maximum atomic E-state index is 8.60. The van der Waals surface area contributed by atoms with Gasteiger partial charge in [-0.3, -0.25) is 0 Å². The molecule has 0 aliphatic heterocycles. The van der Waals surface area contributed by atoms with Gasteiger partial charge in [0.15, 0.2) is 6.20 Å². The molecular formula is C10H8N3+. The summed E-state index contributed by atoms with van der Waals surface area (Å²) in [5, 5.41) is 14.4. The average molecular weight is 170 g/mol. The highest BCUT2D eigenvalue weighted by atomic mass is 15.1. The predicted molar refractivity (Wildman–Crippen MR) is 47.5 cm³/mol. The molecule has 0 fully saturated rings. The summed E-state index contributed by atoms with van der Waals surface area (Å²) in [6.07, 6.45) is 1.83. The van der Waals surface area contributed by atoms with E-state index in [0.29, 0.717) is 5.56 Å². The zero-order valence-corrected chi connectivity index (χ0v) is 6.91.